The topological polar surface area (TPSA) is 126 Å². The van der Waals surface area contributed by atoms with Gasteiger partial charge >= 0.3 is 0 Å². The van der Waals surface area contributed by atoms with Crippen LogP contribution in [0.25, 0.3) is 0 Å². The Labute approximate surface area is 289 Å². The van der Waals surface area contributed by atoms with Crippen molar-refractivity contribution in [3.8, 4) is 11.5 Å². The number of benzene rings is 1. The van der Waals surface area contributed by atoms with Crippen LogP contribution >= 0.6 is 0 Å². The van der Waals surface area contributed by atoms with Crippen LogP contribution in [0.1, 0.15) is 70.2 Å². The molecular formula is C35H51FN6O6S. The van der Waals surface area contributed by atoms with E-state index in [4.69, 9.17) is 14.2 Å². The van der Waals surface area contributed by atoms with Crippen LogP contribution in [0.15, 0.2) is 30.7 Å². The Morgan fingerprint density at radius 1 is 1.16 bits per heavy atom. The molecule has 0 bridgehead atoms. The Kier molecular flexibility index (Phi) is 11.1. The van der Waals surface area contributed by atoms with Gasteiger partial charge in [-0.05, 0) is 84.2 Å². The average molecular weight is 703 g/mol. The van der Waals surface area contributed by atoms with Gasteiger partial charge in [-0.2, -0.15) is 0 Å². The summed E-state index contributed by atoms with van der Waals surface area (Å²) in [6.07, 6.45) is 7.70. The van der Waals surface area contributed by atoms with Crippen molar-refractivity contribution in [2.75, 3.05) is 63.2 Å². The van der Waals surface area contributed by atoms with Crippen molar-refractivity contribution in [1.29, 1.82) is 0 Å². The Hall–Kier alpha value is -2.91. The molecule has 1 aromatic heterocycles. The summed E-state index contributed by atoms with van der Waals surface area (Å²) in [5.41, 5.74) is 0.361. The summed E-state index contributed by atoms with van der Waals surface area (Å²) in [6.45, 7) is 13.8. The fraction of sp³-hybridized carbons (Fsp3) is 0.686. The van der Waals surface area contributed by atoms with Gasteiger partial charge in [-0.25, -0.2) is 27.5 Å². The van der Waals surface area contributed by atoms with Gasteiger partial charge in [0.05, 0.1) is 36.8 Å². The van der Waals surface area contributed by atoms with Crippen molar-refractivity contribution in [3.63, 3.8) is 0 Å². The minimum absolute atomic E-state index is 0.0202. The third-order valence-corrected chi connectivity index (χ3v) is 12.1. The van der Waals surface area contributed by atoms with E-state index < -0.39 is 15.8 Å². The molecule has 0 unspecified atom stereocenters. The molecule has 14 heteroatoms. The molecule has 1 spiro atoms. The zero-order valence-electron chi connectivity index (χ0n) is 29.1. The van der Waals surface area contributed by atoms with Crippen LogP contribution in [-0.4, -0.2) is 117 Å². The van der Waals surface area contributed by atoms with Gasteiger partial charge in [0.15, 0.2) is 11.6 Å². The van der Waals surface area contributed by atoms with Crippen molar-refractivity contribution in [3.05, 3.63) is 42.1 Å². The van der Waals surface area contributed by atoms with Gasteiger partial charge in [-0.1, -0.05) is 6.92 Å². The fourth-order valence-corrected chi connectivity index (χ4v) is 8.65. The molecule has 6 rings (SSSR count). The average Bonchev–Trinajstić information content (AvgIpc) is 3.07. The maximum atomic E-state index is 14.6. The second-order valence-corrected chi connectivity index (χ2v) is 16.6. The highest BCUT2D eigenvalue weighted by molar-refractivity contribution is 7.89. The summed E-state index contributed by atoms with van der Waals surface area (Å²) in [5, 5.41) is 0. The van der Waals surface area contributed by atoms with Crippen LogP contribution < -0.4 is 14.4 Å². The molecule has 270 valence electrons. The number of nitrogens with zero attached hydrogens (tertiary/aromatic N) is 5. The molecule has 12 nitrogen and oxygen atoms in total. The number of halogens is 1. The standard InChI is InChI=1S/C35H51FN6O6S/c1-5-49(44,45)39-27-7-8-28(47-20-27)18-40-13-11-35(12-14-40)21-41(22-35)33-32(17-37-23-38-33)48-31-9-6-26(36)16-29(31)34(43)42(24(2)3)30-10-15-46-19-25(30)4/h6,9,16-17,23-25,27-28,30,39H,5,7-8,10-15,18-22H2,1-4H3/t25-,27-,28+,30+/m1/s1. The van der Waals surface area contributed by atoms with Gasteiger partial charge in [0.2, 0.25) is 10.0 Å². The lowest BCUT2D eigenvalue weighted by molar-refractivity contribution is -0.0299. The van der Waals surface area contributed by atoms with Crippen molar-refractivity contribution in [1.82, 2.24) is 24.5 Å². The van der Waals surface area contributed by atoms with Crippen LogP contribution in [0.2, 0.25) is 0 Å². The number of ether oxygens (including phenoxy) is 3. The predicted molar refractivity (Wildman–Crippen MR) is 184 cm³/mol. The molecule has 2 aromatic rings. The summed E-state index contributed by atoms with van der Waals surface area (Å²) < 4.78 is 59.2. The normalized spacial score (nSPS) is 26.0. The molecule has 4 atom stereocenters. The van der Waals surface area contributed by atoms with Crippen LogP contribution in [0, 0.1) is 17.2 Å². The first-order valence-corrected chi connectivity index (χ1v) is 19.4. The number of carbonyl (C=O) groups excluding carboxylic acids is 1. The van der Waals surface area contributed by atoms with Gasteiger partial charge in [-0.15, -0.1) is 0 Å². The molecule has 5 heterocycles. The number of anilines is 1. The lowest BCUT2D eigenvalue weighted by Crippen LogP contribution is -2.61. The highest BCUT2D eigenvalue weighted by atomic mass is 32.2. The zero-order chi connectivity index (χ0) is 34.8. The Bertz CT molecular complexity index is 1560. The van der Waals surface area contributed by atoms with Crippen molar-refractivity contribution in [2.45, 2.75) is 84.0 Å². The molecule has 4 aliphatic heterocycles. The van der Waals surface area contributed by atoms with Gasteiger partial charge in [0.1, 0.15) is 17.9 Å². The Morgan fingerprint density at radius 3 is 2.61 bits per heavy atom. The van der Waals surface area contributed by atoms with Gasteiger partial charge in [-0.3, -0.25) is 4.79 Å². The summed E-state index contributed by atoms with van der Waals surface area (Å²) in [5.74, 6) is 0.829. The number of carbonyl (C=O) groups is 1. The van der Waals surface area contributed by atoms with Crippen LogP contribution in [0.5, 0.6) is 11.5 Å². The van der Waals surface area contributed by atoms with E-state index in [9.17, 15) is 17.6 Å². The lowest BCUT2D eigenvalue weighted by Gasteiger charge is -2.54. The molecule has 1 amide bonds. The molecule has 1 aromatic carbocycles. The zero-order valence-corrected chi connectivity index (χ0v) is 30.0. The quantitative estimate of drug-likeness (QED) is 0.366. The second kappa shape index (κ2) is 15.1. The van der Waals surface area contributed by atoms with E-state index in [0.717, 1.165) is 64.8 Å². The van der Waals surface area contributed by atoms with Gasteiger partial charge in [0, 0.05) is 55.7 Å². The van der Waals surface area contributed by atoms with E-state index in [2.05, 4.69) is 31.4 Å². The van der Waals surface area contributed by atoms with E-state index in [1.54, 1.807) is 13.1 Å². The van der Waals surface area contributed by atoms with E-state index >= 15 is 0 Å². The molecular weight excluding hydrogens is 651 g/mol. The number of rotatable bonds is 11. The molecule has 4 aliphatic rings. The number of likely N-dealkylation sites (tertiary alicyclic amines) is 1. The maximum absolute atomic E-state index is 14.6. The van der Waals surface area contributed by atoms with Crippen molar-refractivity contribution in [2.24, 2.45) is 11.3 Å². The molecule has 49 heavy (non-hydrogen) atoms. The van der Waals surface area contributed by atoms with Crippen molar-refractivity contribution >= 4 is 21.7 Å². The highest BCUT2D eigenvalue weighted by Gasteiger charge is 2.46. The molecule has 0 radical (unpaired) electrons. The molecule has 0 saturated carbocycles. The monoisotopic (exact) mass is 702 g/mol. The third-order valence-electron chi connectivity index (χ3n) is 10.6. The summed E-state index contributed by atoms with van der Waals surface area (Å²) in [7, 11) is -3.23. The number of piperidine rings is 1. The Balaban J connectivity index is 1.06. The third kappa shape index (κ3) is 8.36. The van der Waals surface area contributed by atoms with Crippen LogP contribution in [-0.2, 0) is 19.5 Å². The van der Waals surface area contributed by atoms with Crippen molar-refractivity contribution < 1.29 is 31.8 Å². The van der Waals surface area contributed by atoms with E-state index in [1.165, 1.54) is 24.5 Å². The van der Waals surface area contributed by atoms with Crippen LogP contribution in [0.4, 0.5) is 10.2 Å². The fourth-order valence-electron chi connectivity index (χ4n) is 7.79. The largest absolute Gasteiger partial charge is 0.451 e. The van der Waals surface area contributed by atoms with E-state index in [-0.39, 0.29) is 58.5 Å². The second-order valence-electron chi connectivity index (χ2n) is 14.6. The molecule has 4 fully saturated rings. The number of amides is 1. The lowest BCUT2D eigenvalue weighted by atomic mass is 9.72. The molecule has 4 saturated heterocycles. The predicted octanol–water partition coefficient (Wildman–Crippen LogP) is 4.07. The smallest absolute Gasteiger partial charge is 0.258 e. The first-order chi connectivity index (χ1) is 23.5. The Morgan fingerprint density at radius 2 is 1.94 bits per heavy atom. The summed E-state index contributed by atoms with van der Waals surface area (Å²) in [6, 6.07) is 3.82. The SMILES string of the molecule is CCS(=O)(=O)N[C@@H]1CC[C@@H](CN2CCC3(CC2)CN(c2ncncc2Oc2ccc(F)cc2C(=O)N(C(C)C)[C@H]2CCOC[C@H]2C)C3)OC1. The number of hydrogen-bond donors (Lipinski definition) is 1. The number of nitrogens with one attached hydrogen (secondary N) is 1. The van der Waals surface area contributed by atoms with Gasteiger partial charge < -0.3 is 28.9 Å². The molecule has 0 aliphatic carbocycles. The number of aromatic nitrogens is 2. The first kappa shape index (κ1) is 35.9. The number of hydrogen-bond acceptors (Lipinski definition) is 10. The minimum Gasteiger partial charge on any atom is -0.451 e. The summed E-state index contributed by atoms with van der Waals surface area (Å²) >= 11 is 0. The van der Waals surface area contributed by atoms with Gasteiger partial charge in [0.25, 0.3) is 5.91 Å². The summed E-state index contributed by atoms with van der Waals surface area (Å²) in [4.78, 5) is 29.4. The van der Waals surface area contributed by atoms with E-state index in [0.29, 0.717) is 31.4 Å². The first-order valence-electron chi connectivity index (χ1n) is 17.7. The molecule has 1 N–H and O–H groups in total. The maximum Gasteiger partial charge on any atom is 0.258 e. The highest BCUT2D eigenvalue weighted by Crippen LogP contribution is 2.45. The van der Waals surface area contributed by atoms with E-state index in [1.807, 2.05) is 18.7 Å². The number of sulfonamides is 1. The van der Waals surface area contributed by atoms with Crippen LogP contribution in [0.3, 0.4) is 0 Å². The minimum atomic E-state index is -3.23.